The van der Waals surface area contributed by atoms with Crippen LogP contribution in [0.3, 0.4) is 0 Å². The molecule has 1 amide bonds. The van der Waals surface area contributed by atoms with Crippen LogP contribution in [0.2, 0.25) is 0 Å². The van der Waals surface area contributed by atoms with Crippen molar-refractivity contribution in [3.05, 3.63) is 23.4 Å². The lowest BCUT2D eigenvalue weighted by Gasteiger charge is -2.15. The second-order valence-electron chi connectivity index (χ2n) is 3.82. The van der Waals surface area contributed by atoms with Gasteiger partial charge >= 0.3 is 0 Å². The summed E-state index contributed by atoms with van der Waals surface area (Å²) in [6, 6.07) is 3.90. The van der Waals surface area contributed by atoms with Crippen molar-refractivity contribution in [2.45, 2.75) is 19.8 Å². The monoisotopic (exact) mass is 202 g/mol. The van der Waals surface area contributed by atoms with E-state index in [2.05, 4.69) is 16.5 Å². The summed E-state index contributed by atoms with van der Waals surface area (Å²) >= 11 is 0. The summed E-state index contributed by atoms with van der Waals surface area (Å²) in [7, 11) is 0. The summed E-state index contributed by atoms with van der Waals surface area (Å²) in [5, 5.41) is 7.77. The molecule has 0 aliphatic carbocycles. The van der Waals surface area contributed by atoms with Crippen LogP contribution in [0.1, 0.15) is 17.7 Å². The SMILES string of the molecule is Cc1noc2cc3c(cc12)CCC(=O)N3. The molecule has 15 heavy (non-hydrogen) atoms. The van der Waals surface area contributed by atoms with Gasteiger partial charge in [-0.25, -0.2) is 0 Å². The average Bonchev–Trinajstić information content (AvgIpc) is 2.57. The van der Waals surface area contributed by atoms with Crippen LogP contribution in [0.15, 0.2) is 16.7 Å². The number of hydrogen-bond acceptors (Lipinski definition) is 3. The minimum Gasteiger partial charge on any atom is -0.356 e. The quantitative estimate of drug-likeness (QED) is 0.711. The maximum absolute atomic E-state index is 11.2. The second kappa shape index (κ2) is 2.82. The maximum atomic E-state index is 11.2. The molecular formula is C11H10N2O2. The molecule has 4 heteroatoms. The molecule has 1 aliphatic rings. The van der Waals surface area contributed by atoms with E-state index in [1.807, 2.05) is 13.0 Å². The first-order valence-corrected chi connectivity index (χ1v) is 4.93. The zero-order valence-electron chi connectivity index (χ0n) is 8.33. The van der Waals surface area contributed by atoms with Crippen LogP contribution in [0.4, 0.5) is 5.69 Å². The molecule has 1 aromatic carbocycles. The summed E-state index contributed by atoms with van der Waals surface area (Å²) in [6.07, 6.45) is 1.35. The predicted molar refractivity (Wildman–Crippen MR) is 55.7 cm³/mol. The summed E-state index contributed by atoms with van der Waals surface area (Å²) in [5.41, 5.74) is 3.64. The third kappa shape index (κ3) is 1.21. The summed E-state index contributed by atoms with van der Waals surface area (Å²) in [5.74, 6) is 0.0677. The Labute approximate surface area is 86.2 Å². The zero-order valence-corrected chi connectivity index (χ0v) is 8.33. The fraction of sp³-hybridized carbons (Fsp3) is 0.273. The van der Waals surface area contributed by atoms with Crippen LogP contribution in [-0.4, -0.2) is 11.1 Å². The minimum absolute atomic E-state index is 0.0677. The number of aromatic nitrogens is 1. The van der Waals surface area contributed by atoms with Gasteiger partial charge in [0.1, 0.15) is 0 Å². The van der Waals surface area contributed by atoms with Crippen LogP contribution in [0.5, 0.6) is 0 Å². The van der Waals surface area contributed by atoms with Gasteiger partial charge in [-0.1, -0.05) is 5.16 Å². The lowest BCUT2D eigenvalue weighted by Crippen LogP contribution is -2.18. The van der Waals surface area contributed by atoms with Gasteiger partial charge < -0.3 is 9.84 Å². The zero-order chi connectivity index (χ0) is 10.4. The Morgan fingerprint density at radius 1 is 1.40 bits per heavy atom. The van der Waals surface area contributed by atoms with E-state index in [-0.39, 0.29) is 5.91 Å². The first kappa shape index (κ1) is 8.47. The number of carbonyl (C=O) groups is 1. The minimum atomic E-state index is 0.0677. The van der Waals surface area contributed by atoms with Gasteiger partial charge in [-0.2, -0.15) is 0 Å². The Hall–Kier alpha value is -1.84. The van der Waals surface area contributed by atoms with Crippen LogP contribution in [0, 0.1) is 6.92 Å². The number of rotatable bonds is 0. The summed E-state index contributed by atoms with van der Waals surface area (Å²) in [6.45, 7) is 1.92. The van der Waals surface area contributed by atoms with Crippen molar-refractivity contribution in [3.63, 3.8) is 0 Å². The number of nitrogens with one attached hydrogen (secondary N) is 1. The van der Waals surface area contributed by atoms with Crippen molar-refractivity contribution in [1.29, 1.82) is 0 Å². The van der Waals surface area contributed by atoms with Crippen LogP contribution in [-0.2, 0) is 11.2 Å². The van der Waals surface area contributed by atoms with Gasteiger partial charge in [-0.05, 0) is 25.0 Å². The largest absolute Gasteiger partial charge is 0.356 e. The number of carbonyl (C=O) groups excluding carboxylic acids is 1. The third-order valence-electron chi connectivity index (χ3n) is 2.77. The van der Waals surface area contributed by atoms with E-state index in [9.17, 15) is 4.79 Å². The van der Waals surface area contributed by atoms with Crippen molar-refractivity contribution in [3.8, 4) is 0 Å². The lowest BCUT2D eigenvalue weighted by molar-refractivity contribution is -0.116. The van der Waals surface area contributed by atoms with E-state index in [1.165, 1.54) is 0 Å². The molecule has 2 aromatic rings. The van der Waals surface area contributed by atoms with Crippen molar-refractivity contribution in [1.82, 2.24) is 5.16 Å². The van der Waals surface area contributed by atoms with Crippen LogP contribution >= 0.6 is 0 Å². The van der Waals surface area contributed by atoms with Gasteiger partial charge in [0, 0.05) is 23.6 Å². The Kier molecular flexibility index (Phi) is 1.59. The van der Waals surface area contributed by atoms with Gasteiger partial charge in [-0.3, -0.25) is 4.79 Å². The number of anilines is 1. The third-order valence-corrected chi connectivity index (χ3v) is 2.77. The standard InChI is InChI=1S/C11H10N2O2/c1-6-8-4-7-2-3-11(14)12-9(7)5-10(8)15-13-6/h4-5H,2-3H2,1H3,(H,12,14). The number of nitrogens with zero attached hydrogens (tertiary/aromatic N) is 1. The van der Waals surface area contributed by atoms with Crippen molar-refractivity contribution >= 4 is 22.6 Å². The Balaban J connectivity index is 2.25. The molecule has 0 unspecified atom stereocenters. The number of aryl methyl sites for hydroxylation is 2. The highest BCUT2D eigenvalue weighted by Gasteiger charge is 2.17. The van der Waals surface area contributed by atoms with Crippen molar-refractivity contribution in [2.75, 3.05) is 5.32 Å². The molecule has 0 radical (unpaired) electrons. The second-order valence-corrected chi connectivity index (χ2v) is 3.82. The number of benzene rings is 1. The Morgan fingerprint density at radius 3 is 3.13 bits per heavy atom. The molecule has 1 aliphatic heterocycles. The van der Waals surface area contributed by atoms with Gasteiger partial charge in [0.15, 0.2) is 5.58 Å². The fourth-order valence-electron chi connectivity index (χ4n) is 1.93. The van der Waals surface area contributed by atoms with E-state index in [4.69, 9.17) is 4.52 Å². The van der Waals surface area contributed by atoms with Crippen molar-refractivity contribution < 1.29 is 9.32 Å². The molecule has 76 valence electrons. The summed E-state index contributed by atoms with van der Waals surface area (Å²) < 4.78 is 5.15. The fourth-order valence-corrected chi connectivity index (χ4v) is 1.93. The number of hydrogen-bond donors (Lipinski definition) is 1. The maximum Gasteiger partial charge on any atom is 0.224 e. The first-order chi connectivity index (χ1) is 7.24. The van der Waals surface area contributed by atoms with E-state index < -0.39 is 0 Å². The molecule has 3 rings (SSSR count). The normalized spacial score (nSPS) is 15.1. The van der Waals surface area contributed by atoms with E-state index in [0.717, 1.165) is 34.3 Å². The first-order valence-electron chi connectivity index (χ1n) is 4.93. The Morgan fingerprint density at radius 2 is 2.27 bits per heavy atom. The number of fused-ring (bicyclic) bond motifs is 2. The molecule has 0 saturated heterocycles. The van der Waals surface area contributed by atoms with E-state index >= 15 is 0 Å². The van der Waals surface area contributed by atoms with Crippen molar-refractivity contribution in [2.24, 2.45) is 0 Å². The van der Waals surface area contributed by atoms with Crippen LogP contribution < -0.4 is 5.32 Å². The molecule has 1 aromatic heterocycles. The molecule has 2 heterocycles. The Bertz CT molecular complexity index is 557. The smallest absolute Gasteiger partial charge is 0.224 e. The molecule has 0 saturated carbocycles. The highest BCUT2D eigenvalue weighted by molar-refractivity contribution is 5.97. The van der Waals surface area contributed by atoms with Gasteiger partial charge in [0.05, 0.1) is 5.69 Å². The topological polar surface area (TPSA) is 55.1 Å². The molecule has 0 fully saturated rings. The summed E-state index contributed by atoms with van der Waals surface area (Å²) in [4.78, 5) is 11.2. The molecule has 0 bridgehead atoms. The van der Waals surface area contributed by atoms with E-state index in [1.54, 1.807) is 0 Å². The highest BCUT2D eigenvalue weighted by atomic mass is 16.5. The lowest BCUT2D eigenvalue weighted by atomic mass is 10.0. The number of amides is 1. The molecule has 4 nitrogen and oxygen atoms in total. The van der Waals surface area contributed by atoms with Gasteiger partial charge in [0.2, 0.25) is 5.91 Å². The molecular weight excluding hydrogens is 192 g/mol. The average molecular weight is 202 g/mol. The van der Waals surface area contributed by atoms with Gasteiger partial charge in [-0.15, -0.1) is 0 Å². The van der Waals surface area contributed by atoms with E-state index in [0.29, 0.717) is 6.42 Å². The molecule has 1 N–H and O–H groups in total. The molecule has 0 spiro atoms. The van der Waals surface area contributed by atoms with Gasteiger partial charge in [0.25, 0.3) is 0 Å². The van der Waals surface area contributed by atoms with Crippen LogP contribution in [0.25, 0.3) is 11.0 Å². The molecule has 0 atom stereocenters. The predicted octanol–water partition coefficient (Wildman–Crippen LogP) is 2.02. The highest BCUT2D eigenvalue weighted by Crippen LogP contribution is 2.29.